The molecule has 0 aliphatic heterocycles. The van der Waals surface area contributed by atoms with E-state index in [9.17, 15) is 10.1 Å². The first-order valence-electron chi connectivity index (χ1n) is 8.29. The lowest BCUT2D eigenvalue weighted by Crippen LogP contribution is -2.42. The fraction of sp³-hybridized carbons (Fsp3) is 0.579. The number of hydrogen-bond acceptors (Lipinski definition) is 2. The number of benzene rings is 1. The Morgan fingerprint density at radius 1 is 1.27 bits per heavy atom. The second-order valence-corrected chi connectivity index (χ2v) is 6.83. The summed E-state index contributed by atoms with van der Waals surface area (Å²) in [6, 6.07) is 11.7. The summed E-state index contributed by atoms with van der Waals surface area (Å²) >= 11 is 0. The first-order chi connectivity index (χ1) is 10.6. The third-order valence-electron chi connectivity index (χ3n) is 5.14. The standard InChI is InChI=1S/C19H26N2O/c1-15(2)17(10-13-20)19(11-6-7-12-19)14-21-18(22)16-8-4-3-5-9-16/h3-5,8-9,15,17H,6-7,10-12,14H2,1-2H3,(H,21,22). The highest BCUT2D eigenvalue weighted by molar-refractivity contribution is 5.94. The molecule has 0 spiro atoms. The van der Waals surface area contributed by atoms with Crippen LogP contribution >= 0.6 is 0 Å². The maximum Gasteiger partial charge on any atom is 0.251 e. The molecule has 2 rings (SSSR count). The summed E-state index contributed by atoms with van der Waals surface area (Å²) < 4.78 is 0. The lowest BCUT2D eigenvalue weighted by atomic mass is 9.67. The smallest absolute Gasteiger partial charge is 0.251 e. The molecule has 1 N–H and O–H groups in total. The van der Waals surface area contributed by atoms with Crippen LogP contribution in [0.25, 0.3) is 0 Å². The van der Waals surface area contributed by atoms with E-state index in [0.29, 0.717) is 30.4 Å². The summed E-state index contributed by atoms with van der Waals surface area (Å²) in [5.74, 6) is 0.814. The van der Waals surface area contributed by atoms with Crippen LogP contribution < -0.4 is 5.32 Å². The maximum atomic E-state index is 12.3. The van der Waals surface area contributed by atoms with Gasteiger partial charge >= 0.3 is 0 Å². The Kier molecular flexibility index (Phi) is 5.60. The van der Waals surface area contributed by atoms with E-state index in [-0.39, 0.29) is 11.3 Å². The van der Waals surface area contributed by atoms with Crippen molar-refractivity contribution in [2.45, 2.75) is 46.0 Å². The molecule has 118 valence electrons. The first kappa shape index (κ1) is 16.5. The molecule has 0 bridgehead atoms. The fourth-order valence-corrected chi connectivity index (χ4v) is 3.96. The van der Waals surface area contributed by atoms with Crippen LogP contribution in [0.5, 0.6) is 0 Å². The van der Waals surface area contributed by atoms with Crippen molar-refractivity contribution in [3.63, 3.8) is 0 Å². The van der Waals surface area contributed by atoms with Crippen molar-refractivity contribution in [2.24, 2.45) is 17.3 Å². The van der Waals surface area contributed by atoms with Crippen LogP contribution in [0.2, 0.25) is 0 Å². The van der Waals surface area contributed by atoms with Gasteiger partial charge in [0.05, 0.1) is 6.07 Å². The maximum absolute atomic E-state index is 12.3. The van der Waals surface area contributed by atoms with E-state index in [0.717, 1.165) is 12.8 Å². The molecule has 3 nitrogen and oxygen atoms in total. The van der Waals surface area contributed by atoms with E-state index in [4.69, 9.17) is 0 Å². The third kappa shape index (κ3) is 3.68. The molecule has 1 unspecified atom stereocenters. The average Bonchev–Trinajstić information content (AvgIpc) is 3.00. The minimum absolute atomic E-state index is 0.00802. The van der Waals surface area contributed by atoms with Crippen LogP contribution in [0, 0.1) is 28.6 Å². The van der Waals surface area contributed by atoms with E-state index in [1.807, 2.05) is 30.3 Å². The zero-order chi connectivity index (χ0) is 16.0. The number of hydrogen-bond donors (Lipinski definition) is 1. The lowest BCUT2D eigenvalue weighted by Gasteiger charge is -2.39. The number of nitriles is 1. The Balaban J connectivity index is 2.09. The molecule has 1 saturated carbocycles. The monoisotopic (exact) mass is 298 g/mol. The highest BCUT2D eigenvalue weighted by Gasteiger charge is 2.42. The third-order valence-corrected chi connectivity index (χ3v) is 5.14. The van der Waals surface area contributed by atoms with Crippen molar-refractivity contribution in [3.8, 4) is 6.07 Å². The summed E-state index contributed by atoms with van der Waals surface area (Å²) in [6.45, 7) is 5.08. The summed E-state index contributed by atoms with van der Waals surface area (Å²) in [6.07, 6.45) is 5.23. The largest absolute Gasteiger partial charge is 0.351 e. The zero-order valence-electron chi connectivity index (χ0n) is 13.6. The predicted molar refractivity (Wildman–Crippen MR) is 88.2 cm³/mol. The number of carbonyl (C=O) groups excluding carboxylic acids is 1. The van der Waals surface area contributed by atoms with Gasteiger partial charge in [-0.1, -0.05) is 44.9 Å². The minimum Gasteiger partial charge on any atom is -0.351 e. The van der Waals surface area contributed by atoms with Crippen LogP contribution in [0.4, 0.5) is 0 Å². The number of carbonyl (C=O) groups is 1. The van der Waals surface area contributed by atoms with Crippen molar-refractivity contribution in [1.82, 2.24) is 5.32 Å². The van der Waals surface area contributed by atoms with Crippen molar-refractivity contribution >= 4 is 5.91 Å². The Morgan fingerprint density at radius 3 is 2.45 bits per heavy atom. The highest BCUT2D eigenvalue weighted by Crippen LogP contribution is 2.48. The van der Waals surface area contributed by atoms with E-state index >= 15 is 0 Å². The quantitative estimate of drug-likeness (QED) is 0.857. The van der Waals surface area contributed by atoms with Gasteiger partial charge in [-0.05, 0) is 42.2 Å². The van der Waals surface area contributed by atoms with E-state index in [1.165, 1.54) is 12.8 Å². The molecule has 22 heavy (non-hydrogen) atoms. The van der Waals surface area contributed by atoms with Gasteiger partial charge in [0.15, 0.2) is 0 Å². The number of amides is 1. The van der Waals surface area contributed by atoms with Gasteiger partial charge in [0.1, 0.15) is 0 Å². The van der Waals surface area contributed by atoms with E-state index in [2.05, 4.69) is 25.2 Å². The first-order valence-corrected chi connectivity index (χ1v) is 8.29. The van der Waals surface area contributed by atoms with Crippen molar-refractivity contribution in [2.75, 3.05) is 6.54 Å². The number of nitrogens with one attached hydrogen (secondary N) is 1. The summed E-state index contributed by atoms with van der Waals surface area (Å²) in [5, 5.41) is 12.3. The van der Waals surface area contributed by atoms with Gasteiger partial charge in [-0.3, -0.25) is 4.79 Å². The highest BCUT2D eigenvalue weighted by atomic mass is 16.1. The van der Waals surface area contributed by atoms with Gasteiger partial charge in [-0.2, -0.15) is 5.26 Å². The summed E-state index contributed by atoms with van der Waals surface area (Å²) in [5.41, 5.74) is 0.797. The summed E-state index contributed by atoms with van der Waals surface area (Å²) in [4.78, 5) is 12.3. The second kappa shape index (κ2) is 7.45. The molecule has 0 saturated heterocycles. The van der Waals surface area contributed by atoms with Crippen molar-refractivity contribution < 1.29 is 4.79 Å². The molecule has 3 heteroatoms. The number of rotatable bonds is 6. The Morgan fingerprint density at radius 2 is 1.91 bits per heavy atom. The molecule has 1 fully saturated rings. The molecule has 1 aromatic rings. The number of nitrogens with zero attached hydrogens (tertiary/aromatic N) is 1. The second-order valence-electron chi connectivity index (χ2n) is 6.83. The molecular weight excluding hydrogens is 272 g/mol. The Bertz CT molecular complexity index is 524. The predicted octanol–water partition coefficient (Wildman–Crippen LogP) is 4.16. The molecule has 0 radical (unpaired) electrons. The lowest BCUT2D eigenvalue weighted by molar-refractivity contribution is 0.0848. The van der Waals surface area contributed by atoms with Gasteiger partial charge in [0.2, 0.25) is 0 Å². The summed E-state index contributed by atoms with van der Waals surface area (Å²) in [7, 11) is 0. The van der Waals surface area contributed by atoms with Crippen LogP contribution in [0.15, 0.2) is 30.3 Å². The molecule has 0 heterocycles. The van der Waals surface area contributed by atoms with Crippen LogP contribution in [-0.2, 0) is 0 Å². The minimum atomic E-state index is -0.00802. The van der Waals surface area contributed by atoms with Gasteiger partial charge in [0.25, 0.3) is 5.91 Å². The molecular formula is C19H26N2O. The van der Waals surface area contributed by atoms with E-state index in [1.54, 1.807) is 0 Å². The van der Waals surface area contributed by atoms with Gasteiger partial charge in [0, 0.05) is 18.5 Å². The molecule has 1 amide bonds. The van der Waals surface area contributed by atoms with Gasteiger partial charge < -0.3 is 5.32 Å². The topological polar surface area (TPSA) is 52.9 Å². The van der Waals surface area contributed by atoms with Crippen LogP contribution in [0.1, 0.15) is 56.3 Å². The average molecular weight is 298 g/mol. The van der Waals surface area contributed by atoms with Gasteiger partial charge in [-0.25, -0.2) is 0 Å². The molecule has 1 aromatic carbocycles. The fourth-order valence-electron chi connectivity index (χ4n) is 3.96. The molecule has 1 aliphatic rings. The van der Waals surface area contributed by atoms with Crippen LogP contribution in [-0.4, -0.2) is 12.5 Å². The molecule has 1 aliphatic carbocycles. The molecule has 0 aromatic heterocycles. The van der Waals surface area contributed by atoms with Crippen molar-refractivity contribution in [1.29, 1.82) is 5.26 Å². The zero-order valence-corrected chi connectivity index (χ0v) is 13.6. The van der Waals surface area contributed by atoms with Crippen LogP contribution in [0.3, 0.4) is 0 Å². The van der Waals surface area contributed by atoms with Crippen molar-refractivity contribution in [3.05, 3.63) is 35.9 Å². The normalized spacial score (nSPS) is 17.9. The Labute approximate surface area is 133 Å². The SMILES string of the molecule is CC(C)C(CC#N)C1(CNC(=O)c2ccccc2)CCCC1. The van der Waals surface area contributed by atoms with E-state index < -0.39 is 0 Å². The Hall–Kier alpha value is -1.82. The van der Waals surface area contributed by atoms with Gasteiger partial charge in [-0.15, -0.1) is 0 Å². The molecule has 1 atom stereocenters.